The molecule has 4 nitrogen and oxygen atoms in total. The summed E-state index contributed by atoms with van der Waals surface area (Å²) >= 11 is 0. The zero-order valence-corrected chi connectivity index (χ0v) is 6.50. The third kappa shape index (κ3) is 0.818. The molecule has 3 unspecified atom stereocenters. The topological polar surface area (TPSA) is 80.4 Å². The van der Waals surface area contributed by atoms with E-state index >= 15 is 0 Å². The maximum absolute atomic E-state index is 10.8. The molecule has 3 N–H and O–H groups in total. The molecule has 62 valence electrons. The molecule has 0 aromatic rings. The molecule has 0 aliphatic heterocycles. The van der Waals surface area contributed by atoms with Crippen LogP contribution in [0.2, 0.25) is 0 Å². The molecule has 0 heterocycles. The Morgan fingerprint density at radius 3 is 2.09 bits per heavy atom. The number of rotatable bonds is 2. The quantitative estimate of drug-likeness (QED) is 0.583. The van der Waals surface area contributed by atoms with Crippen LogP contribution in [-0.2, 0) is 9.59 Å². The standard InChI is InChI=1S/C7H11NO3/c1-3-4(5(9)10)7(3,2)6(8)11/h3-4H,1-2H3,(H2,8,11)(H,9,10). The molecule has 1 aliphatic carbocycles. The molecule has 0 bridgehead atoms. The van der Waals surface area contributed by atoms with Crippen molar-refractivity contribution in [2.45, 2.75) is 13.8 Å². The summed E-state index contributed by atoms with van der Waals surface area (Å²) in [5.74, 6) is -2.16. The zero-order chi connectivity index (χ0) is 8.81. The van der Waals surface area contributed by atoms with Crippen molar-refractivity contribution in [2.24, 2.45) is 23.0 Å². The number of amides is 1. The normalized spacial score (nSPS) is 41.6. The number of hydrogen-bond acceptors (Lipinski definition) is 2. The Kier molecular flexibility index (Phi) is 1.44. The summed E-state index contributed by atoms with van der Waals surface area (Å²) in [4.78, 5) is 21.3. The largest absolute Gasteiger partial charge is 0.481 e. The van der Waals surface area contributed by atoms with Gasteiger partial charge in [0.2, 0.25) is 5.91 Å². The Morgan fingerprint density at radius 2 is 2.00 bits per heavy atom. The van der Waals surface area contributed by atoms with Gasteiger partial charge in [0.05, 0.1) is 11.3 Å². The van der Waals surface area contributed by atoms with E-state index in [0.717, 1.165) is 0 Å². The fraction of sp³-hybridized carbons (Fsp3) is 0.714. The molecule has 1 rings (SSSR count). The number of carbonyl (C=O) groups is 2. The van der Waals surface area contributed by atoms with Gasteiger partial charge in [0.25, 0.3) is 0 Å². The minimum Gasteiger partial charge on any atom is -0.481 e. The number of carboxylic acid groups (broad SMARTS) is 1. The van der Waals surface area contributed by atoms with Crippen LogP contribution in [0, 0.1) is 17.3 Å². The zero-order valence-electron chi connectivity index (χ0n) is 6.50. The van der Waals surface area contributed by atoms with Crippen LogP contribution in [0.3, 0.4) is 0 Å². The molecule has 11 heavy (non-hydrogen) atoms. The first-order valence-corrected chi connectivity index (χ1v) is 3.45. The van der Waals surface area contributed by atoms with Crippen molar-refractivity contribution < 1.29 is 14.7 Å². The number of carbonyl (C=O) groups excluding carboxylic acids is 1. The van der Waals surface area contributed by atoms with Crippen LogP contribution in [0.1, 0.15) is 13.8 Å². The lowest BCUT2D eigenvalue weighted by atomic mass is 10.1. The number of primary amides is 1. The molecule has 1 amide bonds. The smallest absolute Gasteiger partial charge is 0.307 e. The Hall–Kier alpha value is -1.06. The van der Waals surface area contributed by atoms with Gasteiger partial charge in [0, 0.05) is 0 Å². The van der Waals surface area contributed by atoms with Gasteiger partial charge in [-0.05, 0) is 12.8 Å². The first-order chi connectivity index (χ1) is 4.92. The lowest BCUT2D eigenvalue weighted by Crippen LogP contribution is -2.26. The summed E-state index contributed by atoms with van der Waals surface area (Å²) in [7, 11) is 0. The second-order valence-electron chi connectivity index (χ2n) is 3.25. The minimum atomic E-state index is -0.932. The van der Waals surface area contributed by atoms with Crippen LogP contribution in [0.4, 0.5) is 0 Å². The second-order valence-corrected chi connectivity index (χ2v) is 3.25. The molecule has 1 fully saturated rings. The highest BCUT2D eigenvalue weighted by Gasteiger charge is 2.66. The van der Waals surface area contributed by atoms with Gasteiger partial charge >= 0.3 is 5.97 Å². The average Bonchev–Trinajstić information content (AvgIpc) is 2.37. The van der Waals surface area contributed by atoms with Gasteiger partial charge in [0.1, 0.15) is 0 Å². The van der Waals surface area contributed by atoms with Gasteiger partial charge in [-0.15, -0.1) is 0 Å². The molecule has 0 spiro atoms. The van der Waals surface area contributed by atoms with E-state index in [1.807, 2.05) is 0 Å². The summed E-state index contributed by atoms with van der Waals surface area (Å²) in [6, 6.07) is 0. The van der Waals surface area contributed by atoms with E-state index in [9.17, 15) is 9.59 Å². The Balaban J connectivity index is 2.81. The minimum absolute atomic E-state index is 0.127. The fourth-order valence-electron chi connectivity index (χ4n) is 1.58. The van der Waals surface area contributed by atoms with E-state index in [0.29, 0.717) is 0 Å². The molecule has 0 saturated heterocycles. The molecule has 0 aromatic heterocycles. The highest BCUT2D eigenvalue weighted by atomic mass is 16.4. The second kappa shape index (κ2) is 1.96. The lowest BCUT2D eigenvalue weighted by Gasteiger charge is -2.01. The Morgan fingerprint density at radius 1 is 1.55 bits per heavy atom. The molecule has 0 aromatic carbocycles. The lowest BCUT2D eigenvalue weighted by molar-refractivity contribution is -0.141. The van der Waals surface area contributed by atoms with E-state index in [-0.39, 0.29) is 5.92 Å². The maximum atomic E-state index is 10.8. The van der Waals surface area contributed by atoms with Crippen LogP contribution < -0.4 is 5.73 Å². The molecule has 0 radical (unpaired) electrons. The van der Waals surface area contributed by atoms with Crippen molar-refractivity contribution in [1.29, 1.82) is 0 Å². The van der Waals surface area contributed by atoms with Gasteiger partial charge in [-0.2, -0.15) is 0 Å². The van der Waals surface area contributed by atoms with Crippen molar-refractivity contribution in [3.8, 4) is 0 Å². The number of aliphatic carboxylic acids is 1. The van der Waals surface area contributed by atoms with Crippen LogP contribution in [0.15, 0.2) is 0 Å². The summed E-state index contributed by atoms with van der Waals surface area (Å²) in [5, 5.41) is 8.60. The van der Waals surface area contributed by atoms with Gasteiger partial charge in [-0.1, -0.05) is 6.92 Å². The van der Waals surface area contributed by atoms with Crippen molar-refractivity contribution >= 4 is 11.9 Å². The van der Waals surface area contributed by atoms with E-state index in [4.69, 9.17) is 10.8 Å². The van der Waals surface area contributed by atoms with Crippen molar-refractivity contribution in [3.63, 3.8) is 0 Å². The third-order valence-corrected chi connectivity index (χ3v) is 2.78. The first kappa shape index (κ1) is 8.04. The van der Waals surface area contributed by atoms with E-state index < -0.39 is 23.2 Å². The first-order valence-electron chi connectivity index (χ1n) is 3.45. The third-order valence-electron chi connectivity index (χ3n) is 2.78. The monoisotopic (exact) mass is 157 g/mol. The van der Waals surface area contributed by atoms with Gasteiger partial charge in [-0.3, -0.25) is 9.59 Å². The van der Waals surface area contributed by atoms with Gasteiger partial charge < -0.3 is 10.8 Å². The van der Waals surface area contributed by atoms with Crippen molar-refractivity contribution in [1.82, 2.24) is 0 Å². The highest BCUT2D eigenvalue weighted by molar-refractivity contribution is 5.92. The number of hydrogen-bond donors (Lipinski definition) is 2. The number of carboxylic acids is 1. The average molecular weight is 157 g/mol. The van der Waals surface area contributed by atoms with Crippen molar-refractivity contribution in [3.05, 3.63) is 0 Å². The van der Waals surface area contributed by atoms with Crippen molar-refractivity contribution in [2.75, 3.05) is 0 Å². The summed E-state index contributed by atoms with van der Waals surface area (Å²) in [6.45, 7) is 3.32. The maximum Gasteiger partial charge on any atom is 0.307 e. The summed E-state index contributed by atoms with van der Waals surface area (Å²) in [6.07, 6.45) is 0. The fourth-order valence-corrected chi connectivity index (χ4v) is 1.58. The van der Waals surface area contributed by atoms with Gasteiger partial charge in [-0.25, -0.2) is 0 Å². The SMILES string of the molecule is CC1C(C(=O)O)C1(C)C(N)=O. The van der Waals surface area contributed by atoms with Crippen LogP contribution in [0.25, 0.3) is 0 Å². The van der Waals surface area contributed by atoms with E-state index in [1.165, 1.54) is 0 Å². The van der Waals surface area contributed by atoms with Crippen LogP contribution in [0.5, 0.6) is 0 Å². The Labute approximate surface area is 64.4 Å². The van der Waals surface area contributed by atoms with Crippen LogP contribution in [-0.4, -0.2) is 17.0 Å². The molecule has 1 saturated carbocycles. The Bertz CT molecular complexity index is 226. The molecule has 4 heteroatoms. The van der Waals surface area contributed by atoms with E-state index in [1.54, 1.807) is 13.8 Å². The van der Waals surface area contributed by atoms with Crippen LogP contribution >= 0.6 is 0 Å². The van der Waals surface area contributed by atoms with Gasteiger partial charge in [0.15, 0.2) is 0 Å². The van der Waals surface area contributed by atoms with E-state index in [2.05, 4.69) is 0 Å². The predicted molar refractivity (Wildman–Crippen MR) is 37.6 cm³/mol. The summed E-state index contributed by atoms with van der Waals surface area (Å²) in [5.41, 5.74) is 4.23. The molecular formula is C7H11NO3. The summed E-state index contributed by atoms with van der Waals surface area (Å²) < 4.78 is 0. The molecular weight excluding hydrogens is 146 g/mol. The highest BCUT2D eigenvalue weighted by Crippen LogP contribution is 2.57. The molecule has 1 aliphatic rings. The predicted octanol–water partition coefficient (Wildman–Crippen LogP) is -0.171. The molecule has 3 atom stereocenters. The number of nitrogens with two attached hydrogens (primary N) is 1.